The van der Waals surface area contributed by atoms with Gasteiger partial charge < -0.3 is 10.2 Å². The minimum Gasteiger partial charge on any atom is -0.343 e. The van der Waals surface area contributed by atoms with Crippen molar-refractivity contribution in [1.82, 2.24) is 10.2 Å². The van der Waals surface area contributed by atoms with E-state index >= 15 is 0 Å². The van der Waals surface area contributed by atoms with Gasteiger partial charge in [0.05, 0.1) is 22.9 Å². The summed E-state index contributed by atoms with van der Waals surface area (Å²) in [5.74, 6) is -0.825. The minimum absolute atomic E-state index is 0.0490. The highest BCUT2D eigenvalue weighted by Gasteiger charge is 2.32. The van der Waals surface area contributed by atoms with Crippen molar-refractivity contribution in [2.24, 2.45) is 0 Å². The van der Waals surface area contributed by atoms with Crippen LogP contribution in [0.1, 0.15) is 12.0 Å². The maximum atomic E-state index is 12.1. The topological polar surface area (TPSA) is 118 Å². The van der Waals surface area contributed by atoms with Gasteiger partial charge in [-0.05, 0) is 30.2 Å². The number of hydrogen-bond acceptors (Lipinski definition) is 6. The summed E-state index contributed by atoms with van der Waals surface area (Å²) in [7, 11) is -4.83. The Morgan fingerprint density at radius 3 is 2.41 bits per heavy atom. The first-order valence-corrected chi connectivity index (χ1v) is 11.9. The Kier molecular flexibility index (Phi) is 6.42. The molecule has 1 atom stereocenters. The van der Waals surface area contributed by atoms with Crippen molar-refractivity contribution in [3.63, 3.8) is 0 Å². The van der Waals surface area contributed by atoms with Crippen molar-refractivity contribution in [2.45, 2.75) is 17.4 Å². The molecule has 0 radical (unpaired) electrons. The van der Waals surface area contributed by atoms with E-state index < -0.39 is 25.6 Å². The molecule has 27 heavy (non-hydrogen) atoms. The molecule has 8 nitrogen and oxygen atoms in total. The number of amides is 2. The van der Waals surface area contributed by atoms with Gasteiger partial charge in [-0.15, -0.1) is 0 Å². The Hall–Kier alpha value is -2.20. The number of carbonyl (C=O) groups is 2. The number of nitrogens with one attached hydrogen (secondary N) is 1. The van der Waals surface area contributed by atoms with Gasteiger partial charge in [0.2, 0.25) is 11.8 Å². The molecule has 2 rings (SSSR count). The lowest BCUT2D eigenvalue weighted by Gasteiger charge is -2.23. The molecule has 0 spiro atoms. The predicted molar refractivity (Wildman–Crippen MR) is 101 cm³/mol. The van der Waals surface area contributed by atoms with E-state index in [1.807, 2.05) is 0 Å². The Bertz CT molecular complexity index is 950. The van der Waals surface area contributed by atoms with Crippen LogP contribution in [-0.4, -0.2) is 70.9 Å². The zero-order valence-corrected chi connectivity index (χ0v) is 16.7. The third kappa shape index (κ3) is 6.17. The second-order valence-corrected chi connectivity index (χ2v) is 10.7. The molecule has 1 unspecified atom stereocenters. The molecule has 1 aromatic rings. The van der Waals surface area contributed by atoms with E-state index in [9.17, 15) is 26.4 Å². The molecular formula is C17H22N2O6S2. The van der Waals surface area contributed by atoms with E-state index in [-0.39, 0.29) is 34.9 Å². The Labute approximate surface area is 159 Å². The fourth-order valence-corrected chi connectivity index (χ4v) is 5.03. The van der Waals surface area contributed by atoms with Crippen LogP contribution in [0.3, 0.4) is 0 Å². The van der Waals surface area contributed by atoms with Gasteiger partial charge in [0, 0.05) is 25.4 Å². The predicted octanol–water partition coefficient (Wildman–Crippen LogP) is -0.135. The van der Waals surface area contributed by atoms with Crippen molar-refractivity contribution in [2.75, 3.05) is 31.4 Å². The third-order valence-electron chi connectivity index (χ3n) is 4.30. The summed E-state index contributed by atoms with van der Waals surface area (Å²) in [4.78, 5) is 25.5. The van der Waals surface area contributed by atoms with Crippen molar-refractivity contribution < 1.29 is 26.4 Å². The molecule has 1 aromatic carbocycles. The van der Waals surface area contributed by atoms with E-state index in [2.05, 4.69) is 5.32 Å². The molecule has 1 aliphatic rings. The Morgan fingerprint density at radius 2 is 1.89 bits per heavy atom. The third-order valence-corrected chi connectivity index (χ3v) is 7.18. The van der Waals surface area contributed by atoms with Crippen molar-refractivity contribution in [3.05, 3.63) is 35.9 Å². The fourth-order valence-electron chi connectivity index (χ4n) is 2.63. The molecule has 2 amide bonds. The lowest BCUT2D eigenvalue weighted by Crippen LogP contribution is -2.43. The van der Waals surface area contributed by atoms with E-state index in [0.717, 1.165) is 6.26 Å². The number of rotatable bonds is 6. The molecule has 1 heterocycles. The van der Waals surface area contributed by atoms with Crippen LogP contribution in [0, 0.1) is 0 Å². The summed E-state index contributed by atoms with van der Waals surface area (Å²) in [6, 6.07) is 5.67. The average molecular weight is 415 g/mol. The summed E-state index contributed by atoms with van der Waals surface area (Å²) in [5, 5.41) is 2.45. The standard InChI is InChI=1S/C17H22N2O6S2/c1-19(14-9-10-27(24,25)12-14)17(21)11-18-16(20)8-5-13-3-6-15(7-4-13)26(2,22)23/h3-8,14H,9-12H2,1-2H3,(H,18,20). The molecule has 1 fully saturated rings. The van der Waals surface area contributed by atoms with Gasteiger partial charge >= 0.3 is 0 Å². The van der Waals surface area contributed by atoms with Crippen LogP contribution < -0.4 is 5.32 Å². The summed E-state index contributed by atoms with van der Waals surface area (Å²) in [6.07, 6.45) is 4.25. The normalized spacial score (nSPS) is 19.1. The fraction of sp³-hybridized carbons (Fsp3) is 0.412. The van der Waals surface area contributed by atoms with Crippen LogP contribution in [0.4, 0.5) is 0 Å². The largest absolute Gasteiger partial charge is 0.343 e. The van der Waals surface area contributed by atoms with Crippen molar-refractivity contribution >= 4 is 37.6 Å². The first kappa shape index (κ1) is 21.1. The van der Waals surface area contributed by atoms with Crippen LogP contribution in [0.5, 0.6) is 0 Å². The monoisotopic (exact) mass is 414 g/mol. The van der Waals surface area contributed by atoms with Crippen LogP contribution in [0.25, 0.3) is 6.08 Å². The Balaban J connectivity index is 1.85. The van der Waals surface area contributed by atoms with Crippen LogP contribution in [0.15, 0.2) is 35.2 Å². The number of hydrogen-bond donors (Lipinski definition) is 1. The number of carbonyl (C=O) groups excluding carboxylic acids is 2. The Morgan fingerprint density at radius 1 is 1.26 bits per heavy atom. The summed E-state index contributed by atoms with van der Waals surface area (Å²) < 4.78 is 45.7. The van der Waals surface area contributed by atoms with E-state index in [1.54, 1.807) is 12.1 Å². The molecule has 10 heteroatoms. The highest BCUT2D eigenvalue weighted by molar-refractivity contribution is 7.91. The first-order valence-electron chi connectivity index (χ1n) is 8.20. The van der Waals surface area contributed by atoms with Gasteiger partial charge in [0.15, 0.2) is 19.7 Å². The lowest BCUT2D eigenvalue weighted by atomic mass is 10.2. The van der Waals surface area contributed by atoms with E-state index in [0.29, 0.717) is 12.0 Å². The SMILES string of the molecule is CN(C(=O)CNC(=O)C=Cc1ccc(S(C)(=O)=O)cc1)C1CCS(=O)(=O)C1. The first-order chi connectivity index (χ1) is 12.5. The molecule has 0 aromatic heterocycles. The quantitative estimate of drug-likeness (QED) is 0.648. The molecule has 0 aliphatic carbocycles. The molecule has 1 N–H and O–H groups in total. The molecule has 0 saturated carbocycles. The van der Waals surface area contributed by atoms with E-state index in [4.69, 9.17) is 0 Å². The highest BCUT2D eigenvalue weighted by atomic mass is 32.2. The van der Waals surface area contributed by atoms with Gasteiger partial charge in [0.1, 0.15) is 0 Å². The maximum Gasteiger partial charge on any atom is 0.244 e. The van der Waals surface area contributed by atoms with E-state index in [1.165, 1.54) is 36.2 Å². The zero-order chi connectivity index (χ0) is 20.2. The minimum atomic E-state index is -3.27. The molecular weight excluding hydrogens is 392 g/mol. The molecule has 148 valence electrons. The van der Waals surface area contributed by atoms with Gasteiger partial charge in [0.25, 0.3) is 0 Å². The highest BCUT2D eigenvalue weighted by Crippen LogP contribution is 2.16. The second kappa shape index (κ2) is 8.22. The zero-order valence-electron chi connectivity index (χ0n) is 15.1. The van der Waals surface area contributed by atoms with Gasteiger partial charge in [-0.3, -0.25) is 9.59 Å². The molecule has 1 saturated heterocycles. The smallest absolute Gasteiger partial charge is 0.244 e. The lowest BCUT2D eigenvalue weighted by molar-refractivity contribution is -0.132. The average Bonchev–Trinajstić information content (AvgIpc) is 2.96. The molecule has 0 bridgehead atoms. The van der Waals surface area contributed by atoms with Gasteiger partial charge in [-0.25, -0.2) is 16.8 Å². The van der Waals surface area contributed by atoms with Crippen LogP contribution in [0.2, 0.25) is 0 Å². The number of nitrogens with zero attached hydrogens (tertiary/aromatic N) is 1. The summed E-state index contributed by atoms with van der Waals surface area (Å²) >= 11 is 0. The molecule has 1 aliphatic heterocycles. The summed E-state index contributed by atoms with van der Waals surface area (Å²) in [5.41, 5.74) is 0.636. The van der Waals surface area contributed by atoms with Crippen LogP contribution >= 0.6 is 0 Å². The van der Waals surface area contributed by atoms with Crippen molar-refractivity contribution in [3.8, 4) is 0 Å². The second-order valence-electron chi connectivity index (χ2n) is 6.45. The maximum absolute atomic E-state index is 12.1. The van der Waals surface area contributed by atoms with Gasteiger partial charge in [-0.1, -0.05) is 12.1 Å². The number of benzene rings is 1. The van der Waals surface area contributed by atoms with Gasteiger partial charge in [-0.2, -0.15) is 0 Å². The number of likely N-dealkylation sites (N-methyl/N-ethyl adjacent to an activating group) is 1. The van der Waals surface area contributed by atoms with Crippen LogP contribution in [-0.2, 0) is 29.3 Å². The van der Waals surface area contributed by atoms with Crippen molar-refractivity contribution in [1.29, 1.82) is 0 Å². The number of sulfone groups is 2. The summed E-state index contributed by atoms with van der Waals surface area (Å²) in [6.45, 7) is -0.233.